The van der Waals surface area contributed by atoms with Crippen molar-refractivity contribution >= 4 is 28.4 Å². The number of nitrogens with zero attached hydrogens (tertiary/aromatic N) is 3. The predicted molar refractivity (Wildman–Crippen MR) is 91.6 cm³/mol. The van der Waals surface area contributed by atoms with E-state index >= 15 is 0 Å². The molecule has 0 atom stereocenters. The molecular weight excluding hydrogens is 375 g/mol. The van der Waals surface area contributed by atoms with E-state index in [1.54, 1.807) is 6.20 Å². The zero-order valence-corrected chi connectivity index (χ0v) is 13.4. The second-order valence-electron chi connectivity index (χ2n) is 4.59. The molecule has 0 saturated carbocycles. The standard InChI is InChI=1S/C16H13IN4/c17-14-15(12-6-2-1-3-7-12)20-13(21-16(14)18)9-11-5-4-8-19-10-11/h1-8,10H,9H2,(H2,18,20,21). The Kier molecular flexibility index (Phi) is 4.10. The molecule has 0 aliphatic rings. The van der Waals surface area contributed by atoms with E-state index in [2.05, 4.69) is 37.5 Å². The third-order valence-corrected chi connectivity index (χ3v) is 4.12. The minimum absolute atomic E-state index is 0.517. The van der Waals surface area contributed by atoms with Gasteiger partial charge in [-0.1, -0.05) is 36.4 Å². The number of hydrogen-bond donors (Lipinski definition) is 1. The molecule has 104 valence electrons. The summed E-state index contributed by atoms with van der Waals surface area (Å²) in [6.45, 7) is 0. The zero-order valence-electron chi connectivity index (χ0n) is 11.2. The highest BCUT2D eigenvalue weighted by Gasteiger charge is 2.12. The minimum Gasteiger partial charge on any atom is -0.383 e. The molecule has 2 aromatic heterocycles. The highest BCUT2D eigenvalue weighted by Crippen LogP contribution is 2.26. The molecule has 0 fully saturated rings. The maximum atomic E-state index is 6.04. The first-order chi connectivity index (χ1) is 10.2. The second-order valence-corrected chi connectivity index (χ2v) is 5.67. The number of nitrogens with two attached hydrogens (primary N) is 1. The number of pyridine rings is 1. The molecule has 0 aliphatic carbocycles. The van der Waals surface area contributed by atoms with Crippen LogP contribution in [0.4, 0.5) is 5.82 Å². The number of benzene rings is 1. The molecule has 0 radical (unpaired) electrons. The van der Waals surface area contributed by atoms with Crippen molar-refractivity contribution in [3.8, 4) is 11.3 Å². The summed E-state index contributed by atoms with van der Waals surface area (Å²) in [5.41, 5.74) is 9.03. The summed E-state index contributed by atoms with van der Waals surface area (Å²) in [4.78, 5) is 13.2. The molecule has 2 N–H and O–H groups in total. The maximum Gasteiger partial charge on any atom is 0.141 e. The number of anilines is 1. The average molecular weight is 388 g/mol. The van der Waals surface area contributed by atoms with Crippen LogP contribution in [-0.2, 0) is 6.42 Å². The first-order valence-electron chi connectivity index (χ1n) is 6.50. The Morgan fingerprint density at radius 2 is 1.81 bits per heavy atom. The summed E-state index contributed by atoms with van der Waals surface area (Å²) in [5.74, 6) is 1.23. The third-order valence-electron chi connectivity index (χ3n) is 3.06. The van der Waals surface area contributed by atoms with Crippen LogP contribution >= 0.6 is 22.6 Å². The van der Waals surface area contributed by atoms with Gasteiger partial charge < -0.3 is 5.73 Å². The first-order valence-corrected chi connectivity index (χ1v) is 7.58. The normalized spacial score (nSPS) is 10.5. The number of rotatable bonds is 3. The van der Waals surface area contributed by atoms with E-state index < -0.39 is 0 Å². The lowest BCUT2D eigenvalue weighted by Crippen LogP contribution is -2.05. The molecule has 4 nitrogen and oxygen atoms in total. The quantitative estimate of drug-likeness (QED) is 0.700. The van der Waals surface area contributed by atoms with E-state index in [-0.39, 0.29) is 0 Å². The third kappa shape index (κ3) is 3.18. The first kappa shape index (κ1) is 13.9. The fourth-order valence-corrected chi connectivity index (χ4v) is 2.62. The van der Waals surface area contributed by atoms with Gasteiger partial charge in [-0.2, -0.15) is 0 Å². The summed E-state index contributed by atoms with van der Waals surface area (Å²) >= 11 is 2.19. The number of hydrogen-bond acceptors (Lipinski definition) is 4. The van der Waals surface area contributed by atoms with E-state index in [1.807, 2.05) is 48.7 Å². The highest BCUT2D eigenvalue weighted by molar-refractivity contribution is 14.1. The van der Waals surface area contributed by atoms with Crippen molar-refractivity contribution in [3.05, 3.63) is 69.8 Å². The number of aromatic nitrogens is 3. The maximum absolute atomic E-state index is 6.04. The summed E-state index contributed by atoms with van der Waals surface area (Å²) < 4.78 is 0.883. The number of halogens is 1. The van der Waals surface area contributed by atoms with Crippen LogP contribution in [0.25, 0.3) is 11.3 Å². The molecule has 0 unspecified atom stereocenters. The van der Waals surface area contributed by atoms with Gasteiger partial charge in [0, 0.05) is 24.4 Å². The molecule has 0 amide bonds. The Morgan fingerprint density at radius 3 is 2.52 bits per heavy atom. The Hall–Kier alpha value is -2.02. The van der Waals surface area contributed by atoms with Gasteiger partial charge in [0.15, 0.2) is 0 Å². The number of nitrogen functional groups attached to an aromatic ring is 1. The molecule has 2 heterocycles. The van der Waals surface area contributed by atoms with E-state index in [9.17, 15) is 0 Å². The van der Waals surface area contributed by atoms with Crippen LogP contribution < -0.4 is 5.73 Å². The molecule has 5 heteroatoms. The molecule has 0 aliphatic heterocycles. The molecule has 21 heavy (non-hydrogen) atoms. The van der Waals surface area contributed by atoms with Crippen molar-refractivity contribution in [2.75, 3.05) is 5.73 Å². The Bertz CT molecular complexity index is 745. The molecule has 0 saturated heterocycles. The van der Waals surface area contributed by atoms with Crippen LogP contribution in [0.1, 0.15) is 11.4 Å². The van der Waals surface area contributed by atoms with Gasteiger partial charge in [-0.25, -0.2) is 9.97 Å². The lowest BCUT2D eigenvalue weighted by Gasteiger charge is -2.09. The van der Waals surface area contributed by atoms with Crippen LogP contribution in [0.15, 0.2) is 54.9 Å². The molecule has 3 rings (SSSR count). The van der Waals surface area contributed by atoms with Crippen molar-refractivity contribution in [2.24, 2.45) is 0 Å². The minimum atomic E-state index is 0.517. The fourth-order valence-electron chi connectivity index (χ4n) is 2.06. The van der Waals surface area contributed by atoms with Gasteiger partial charge >= 0.3 is 0 Å². The van der Waals surface area contributed by atoms with Gasteiger partial charge in [-0.3, -0.25) is 4.98 Å². The van der Waals surface area contributed by atoms with Crippen LogP contribution in [0.2, 0.25) is 0 Å². The summed E-state index contributed by atoms with van der Waals surface area (Å²) in [7, 11) is 0. The van der Waals surface area contributed by atoms with Crippen molar-refractivity contribution in [1.82, 2.24) is 15.0 Å². The molecule has 1 aromatic carbocycles. The van der Waals surface area contributed by atoms with Gasteiger partial charge in [0.25, 0.3) is 0 Å². The van der Waals surface area contributed by atoms with Crippen molar-refractivity contribution < 1.29 is 0 Å². The van der Waals surface area contributed by atoms with Gasteiger partial charge in [0.05, 0.1) is 9.26 Å². The predicted octanol–water partition coefficient (Wildman–Crippen LogP) is 3.32. The topological polar surface area (TPSA) is 64.7 Å². The molecule has 0 bridgehead atoms. The molecular formula is C16H13IN4. The average Bonchev–Trinajstić information content (AvgIpc) is 2.52. The van der Waals surface area contributed by atoms with Gasteiger partial charge in [-0.15, -0.1) is 0 Å². The van der Waals surface area contributed by atoms with Crippen LogP contribution in [0.3, 0.4) is 0 Å². The lowest BCUT2D eigenvalue weighted by atomic mass is 10.1. The highest BCUT2D eigenvalue weighted by atomic mass is 127. The summed E-state index contributed by atoms with van der Waals surface area (Å²) in [6.07, 6.45) is 4.19. The van der Waals surface area contributed by atoms with Crippen LogP contribution in [-0.4, -0.2) is 15.0 Å². The SMILES string of the molecule is Nc1nc(Cc2cccnc2)nc(-c2ccccc2)c1I. The molecule has 0 spiro atoms. The summed E-state index contributed by atoms with van der Waals surface area (Å²) in [5, 5.41) is 0. The smallest absolute Gasteiger partial charge is 0.141 e. The van der Waals surface area contributed by atoms with Crippen LogP contribution in [0, 0.1) is 3.57 Å². The zero-order chi connectivity index (χ0) is 14.7. The van der Waals surface area contributed by atoms with Crippen molar-refractivity contribution in [3.63, 3.8) is 0 Å². The summed E-state index contributed by atoms with van der Waals surface area (Å²) in [6, 6.07) is 13.9. The monoisotopic (exact) mass is 388 g/mol. The van der Waals surface area contributed by atoms with Gasteiger partial charge in [0.2, 0.25) is 0 Å². The van der Waals surface area contributed by atoms with Crippen molar-refractivity contribution in [1.29, 1.82) is 0 Å². The van der Waals surface area contributed by atoms with Gasteiger partial charge in [0.1, 0.15) is 11.6 Å². The van der Waals surface area contributed by atoms with Crippen molar-refractivity contribution in [2.45, 2.75) is 6.42 Å². The fraction of sp³-hybridized carbons (Fsp3) is 0.0625. The van der Waals surface area contributed by atoms with Gasteiger partial charge in [-0.05, 0) is 34.2 Å². The van der Waals surface area contributed by atoms with E-state index in [1.165, 1.54) is 0 Å². The largest absolute Gasteiger partial charge is 0.383 e. The Balaban J connectivity index is 2.02. The van der Waals surface area contributed by atoms with Crippen LogP contribution in [0.5, 0.6) is 0 Å². The Labute approximate surface area is 136 Å². The van der Waals surface area contributed by atoms with E-state index in [0.29, 0.717) is 18.1 Å². The Morgan fingerprint density at radius 1 is 1.00 bits per heavy atom. The second kappa shape index (κ2) is 6.17. The molecule has 3 aromatic rings. The van der Waals surface area contributed by atoms with E-state index in [0.717, 1.165) is 20.4 Å². The van der Waals surface area contributed by atoms with E-state index in [4.69, 9.17) is 5.73 Å². The lowest BCUT2D eigenvalue weighted by molar-refractivity contribution is 0.965.